The summed E-state index contributed by atoms with van der Waals surface area (Å²) in [6.07, 6.45) is 2.09. The van der Waals surface area contributed by atoms with Crippen molar-refractivity contribution in [2.24, 2.45) is 0 Å². The second-order valence-corrected chi connectivity index (χ2v) is 4.47. The first-order valence-corrected chi connectivity index (χ1v) is 6.21. The molecule has 0 aliphatic carbocycles. The number of pyridine rings is 1. The highest BCUT2D eigenvalue weighted by atomic mass is 16.5. The first kappa shape index (κ1) is 11.4. The van der Waals surface area contributed by atoms with E-state index in [1.807, 2.05) is 25.3 Å². The summed E-state index contributed by atoms with van der Waals surface area (Å²) in [6.45, 7) is 5.33. The molecule has 0 aromatic carbocycles. The van der Waals surface area contributed by atoms with Crippen molar-refractivity contribution < 1.29 is 4.74 Å². The van der Waals surface area contributed by atoms with Crippen molar-refractivity contribution in [3.05, 3.63) is 23.9 Å². The van der Waals surface area contributed by atoms with Crippen LogP contribution in [0.15, 0.2) is 18.3 Å². The van der Waals surface area contributed by atoms with Crippen molar-refractivity contribution in [1.82, 2.24) is 19.9 Å². The van der Waals surface area contributed by atoms with Gasteiger partial charge in [0.2, 0.25) is 5.95 Å². The molecule has 2 aromatic rings. The van der Waals surface area contributed by atoms with E-state index in [0.29, 0.717) is 5.95 Å². The Morgan fingerprint density at radius 2 is 2.56 bits per heavy atom. The van der Waals surface area contributed by atoms with E-state index in [0.717, 1.165) is 37.5 Å². The number of anilines is 1. The van der Waals surface area contributed by atoms with E-state index in [2.05, 4.69) is 20.7 Å². The maximum atomic E-state index is 5.61. The smallest absolute Gasteiger partial charge is 0.243 e. The number of hydrogen-bond donors (Lipinski definition) is 2. The number of aryl methyl sites for hydroxylation is 1. The molecule has 2 aromatic heterocycles. The molecule has 1 saturated heterocycles. The van der Waals surface area contributed by atoms with Gasteiger partial charge in [-0.2, -0.15) is 4.98 Å². The second kappa shape index (κ2) is 4.91. The summed E-state index contributed by atoms with van der Waals surface area (Å²) in [6, 6.07) is 4.00. The third kappa shape index (κ3) is 2.30. The summed E-state index contributed by atoms with van der Waals surface area (Å²) in [5.74, 6) is 0.651. The number of morpholine rings is 1. The Bertz CT molecular complexity index is 532. The van der Waals surface area contributed by atoms with Crippen LogP contribution in [0.5, 0.6) is 0 Å². The van der Waals surface area contributed by atoms with Crippen molar-refractivity contribution in [3.63, 3.8) is 0 Å². The highest BCUT2D eigenvalue weighted by Crippen LogP contribution is 2.10. The van der Waals surface area contributed by atoms with E-state index in [-0.39, 0.29) is 6.10 Å². The Balaban J connectivity index is 1.69. The molecule has 0 saturated carbocycles. The predicted octanol–water partition coefficient (Wildman–Crippen LogP) is 0.438. The van der Waals surface area contributed by atoms with Crippen LogP contribution in [0.1, 0.15) is 5.56 Å². The molecule has 1 fully saturated rings. The van der Waals surface area contributed by atoms with Crippen molar-refractivity contribution in [1.29, 1.82) is 0 Å². The molecule has 2 N–H and O–H groups in total. The lowest BCUT2D eigenvalue weighted by molar-refractivity contribution is 0.0371. The minimum atomic E-state index is 0.187. The number of aromatic nitrogens is 3. The normalized spacial score (nSPS) is 20.2. The highest BCUT2D eigenvalue weighted by molar-refractivity contribution is 5.49. The molecule has 18 heavy (non-hydrogen) atoms. The molecule has 1 aliphatic heterocycles. The van der Waals surface area contributed by atoms with E-state index in [1.54, 1.807) is 4.52 Å². The lowest BCUT2D eigenvalue weighted by atomic mass is 10.3. The Morgan fingerprint density at radius 3 is 3.33 bits per heavy atom. The van der Waals surface area contributed by atoms with Crippen LogP contribution in [-0.2, 0) is 4.74 Å². The summed E-state index contributed by atoms with van der Waals surface area (Å²) in [5, 5.41) is 10.9. The molecule has 1 atom stereocenters. The molecule has 0 bridgehead atoms. The van der Waals surface area contributed by atoms with Gasteiger partial charge in [-0.3, -0.25) is 0 Å². The van der Waals surface area contributed by atoms with Crippen LogP contribution in [0.4, 0.5) is 5.95 Å². The largest absolute Gasteiger partial charge is 0.374 e. The van der Waals surface area contributed by atoms with Crippen molar-refractivity contribution in [3.8, 4) is 0 Å². The molecular formula is C12H17N5O. The van der Waals surface area contributed by atoms with Gasteiger partial charge in [0.1, 0.15) is 0 Å². The van der Waals surface area contributed by atoms with Gasteiger partial charge < -0.3 is 15.4 Å². The van der Waals surface area contributed by atoms with Crippen LogP contribution in [0.3, 0.4) is 0 Å². The first-order chi connectivity index (χ1) is 8.83. The van der Waals surface area contributed by atoms with Gasteiger partial charge in [-0.05, 0) is 18.6 Å². The fraction of sp³-hybridized carbons (Fsp3) is 0.500. The van der Waals surface area contributed by atoms with Crippen LogP contribution in [0, 0.1) is 6.92 Å². The zero-order valence-electron chi connectivity index (χ0n) is 10.4. The molecule has 0 radical (unpaired) electrons. The van der Waals surface area contributed by atoms with Crippen molar-refractivity contribution in [2.45, 2.75) is 13.0 Å². The quantitative estimate of drug-likeness (QED) is 0.824. The van der Waals surface area contributed by atoms with Gasteiger partial charge in [-0.1, -0.05) is 6.07 Å². The van der Waals surface area contributed by atoms with Gasteiger partial charge in [-0.15, -0.1) is 5.10 Å². The van der Waals surface area contributed by atoms with Crippen LogP contribution in [0.25, 0.3) is 5.65 Å². The summed E-state index contributed by atoms with van der Waals surface area (Å²) in [4.78, 5) is 4.46. The molecule has 3 rings (SSSR count). The van der Waals surface area contributed by atoms with Gasteiger partial charge in [0.15, 0.2) is 5.65 Å². The van der Waals surface area contributed by atoms with Gasteiger partial charge >= 0.3 is 0 Å². The second-order valence-electron chi connectivity index (χ2n) is 4.47. The summed E-state index contributed by atoms with van der Waals surface area (Å²) < 4.78 is 7.40. The lowest BCUT2D eigenvalue weighted by Crippen LogP contribution is -2.42. The third-order valence-electron chi connectivity index (χ3n) is 3.05. The van der Waals surface area contributed by atoms with Crippen LogP contribution in [0.2, 0.25) is 0 Å². The van der Waals surface area contributed by atoms with E-state index in [1.165, 1.54) is 0 Å². The van der Waals surface area contributed by atoms with Gasteiger partial charge in [0.05, 0.1) is 12.7 Å². The summed E-state index contributed by atoms with van der Waals surface area (Å²) in [5.41, 5.74) is 2.01. The number of nitrogens with one attached hydrogen (secondary N) is 2. The number of fused-ring (bicyclic) bond motifs is 1. The fourth-order valence-electron chi connectivity index (χ4n) is 2.07. The molecule has 96 valence electrons. The number of nitrogens with zero attached hydrogens (tertiary/aromatic N) is 3. The minimum Gasteiger partial charge on any atom is -0.374 e. The standard InChI is InChI=1S/C12H17N5O/c1-9-3-2-5-17-11(9)15-12(16-17)14-8-10-7-13-4-6-18-10/h2-3,5,10,13H,4,6-8H2,1H3,(H,14,16). The Morgan fingerprint density at radius 1 is 1.61 bits per heavy atom. The van der Waals surface area contributed by atoms with Crippen LogP contribution in [-0.4, -0.2) is 46.9 Å². The zero-order valence-corrected chi connectivity index (χ0v) is 10.4. The maximum absolute atomic E-state index is 5.61. The van der Waals surface area contributed by atoms with Crippen LogP contribution < -0.4 is 10.6 Å². The molecule has 1 aliphatic rings. The molecular weight excluding hydrogens is 230 g/mol. The summed E-state index contributed by atoms with van der Waals surface area (Å²) >= 11 is 0. The molecule has 0 spiro atoms. The Labute approximate surface area is 105 Å². The maximum Gasteiger partial charge on any atom is 0.243 e. The van der Waals surface area contributed by atoms with E-state index < -0.39 is 0 Å². The minimum absolute atomic E-state index is 0.187. The predicted molar refractivity (Wildman–Crippen MR) is 68.8 cm³/mol. The molecule has 1 unspecified atom stereocenters. The van der Waals surface area contributed by atoms with E-state index in [9.17, 15) is 0 Å². The Kier molecular flexibility index (Phi) is 3.12. The third-order valence-corrected chi connectivity index (χ3v) is 3.05. The van der Waals surface area contributed by atoms with Gasteiger partial charge in [0.25, 0.3) is 0 Å². The molecule has 0 amide bonds. The number of ether oxygens (including phenoxy) is 1. The van der Waals surface area contributed by atoms with Crippen LogP contribution >= 0.6 is 0 Å². The SMILES string of the molecule is Cc1cccn2nc(NCC3CNCCO3)nc12. The van der Waals surface area contributed by atoms with E-state index >= 15 is 0 Å². The Hall–Kier alpha value is -1.66. The molecule has 6 nitrogen and oxygen atoms in total. The molecule has 6 heteroatoms. The van der Waals surface area contributed by atoms with Gasteiger partial charge in [0, 0.05) is 25.8 Å². The monoisotopic (exact) mass is 247 g/mol. The topological polar surface area (TPSA) is 63.5 Å². The van der Waals surface area contributed by atoms with Crippen molar-refractivity contribution >= 4 is 11.6 Å². The fourth-order valence-corrected chi connectivity index (χ4v) is 2.07. The summed E-state index contributed by atoms with van der Waals surface area (Å²) in [7, 11) is 0. The average molecular weight is 247 g/mol. The first-order valence-electron chi connectivity index (χ1n) is 6.21. The highest BCUT2D eigenvalue weighted by Gasteiger charge is 2.14. The number of hydrogen-bond acceptors (Lipinski definition) is 5. The van der Waals surface area contributed by atoms with Crippen molar-refractivity contribution in [2.75, 3.05) is 31.6 Å². The number of rotatable bonds is 3. The molecule has 3 heterocycles. The van der Waals surface area contributed by atoms with E-state index in [4.69, 9.17) is 4.74 Å². The lowest BCUT2D eigenvalue weighted by Gasteiger charge is -2.23. The average Bonchev–Trinajstić information content (AvgIpc) is 2.82. The zero-order chi connectivity index (χ0) is 12.4. The van der Waals surface area contributed by atoms with Gasteiger partial charge in [-0.25, -0.2) is 4.52 Å².